The van der Waals surface area contributed by atoms with E-state index in [1.165, 1.54) is 0 Å². The molecule has 2 rings (SSSR count). The van der Waals surface area contributed by atoms with Crippen molar-refractivity contribution in [2.75, 3.05) is 26.4 Å². The molecule has 0 amide bonds. The van der Waals surface area contributed by atoms with Crippen LogP contribution in [-0.4, -0.2) is 130 Å². The fraction of sp³-hybridized carbons (Fsp3) is 0.750. The van der Waals surface area contributed by atoms with Crippen LogP contribution in [0, 0.1) is 0 Å². The first kappa shape index (κ1) is 40.6. The van der Waals surface area contributed by atoms with Crippen molar-refractivity contribution in [1.29, 1.82) is 0 Å². The summed E-state index contributed by atoms with van der Waals surface area (Å²) < 4.78 is 61.2. The first-order chi connectivity index (χ1) is 23.0. The van der Waals surface area contributed by atoms with Gasteiger partial charge in [-0.05, 0) is 5.53 Å². The van der Waals surface area contributed by atoms with Gasteiger partial charge >= 0.3 is 41.8 Å². The fourth-order valence-electron chi connectivity index (χ4n) is 4.86. The van der Waals surface area contributed by atoms with Crippen LogP contribution in [0.2, 0.25) is 0 Å². The van der Waals surface area contributed by atoms with Crippen LogP contribution in [0.4, 0.5) is 0 Å². The van der Waals surface area contributed by atoms with E-state index in [2.05, 4.69) is 10.0 Å². The largest absolute Gasteiger partial charge is 0.463 e. The zero-order valence-corrected chi connectivity index (χ0v) is 27.8. The molecule has 0 bridgehead atoms. The number of azide groups is 1. The van der Waals surface area contributed by atoms with E-state index in [-0.39, 0.29) is 13.2 Å². The van der Waals surface area contributed by atoms with Gasteiger partial charge in [0.25, 0.3) is 0 Å². The number of carbonyl (C=O) groups excluding carboxylic acids is 7. The van der Waals surface area contributed by atoms with E-state index in [0.29, 0.717) is 0 Å². The van der Waals surface area contributed by atoms with Crippen LogP contribution in [0.1, 0.15) is 48.5 Å². The van der Waals surface area contributed by atoms with Gasteiger partial charge in [0.15, 0.2) is 43.1 Å². The molecular weight excluding hydrogens is 666 g/mol. The van der Waals surface area contributed by atoms with Crippen molar-refractivity contribution < 1.29 is 85.7 Å². The number of carbonyl (C=O) groups is 7. The summed E-state index contributed by atoms with van der Waals surface area (Å²) in [6.45, 7) is 5.74. The lowest BCUT2D eigenvalue weighted by Crippen LogP contribution is -2.67. The van der Waals surface area contributed by atoms with Crippen molar-refractivity contribution in [1.82, 2.24) is 0 Å². The molecule has 21 nitrogen and oxygen atoms in total. The van der Waals surface area contributed by atoms with Crippen LogP contribution in [-0.2, 0) is 85.7 Å². The number of hydrogen-bond acceptors (Lipinski definition) is 19. The summed E-state index contributed by atoms with van der Waals surface area (Å²) in [5.74, 6) is -6.01. The minimum Gasteiger partial charge on any atom is -0.463 e. The second-order valence-electron chi connectivity index (χ2n) is 10.5. The minimum atomic E-state index is -1.81. The molecule has 0 unspecified atom stereocenters. The van der Waals surface area contributed by atoms with E-state index in [1.807, 2.05) is 0 Å². The predicted octanol–water partition coefficient (Wildman–Crippen LogP) is -0.0670. The predicted molar refractivity (Wildman–Crippen MR) is 153 cm³/mol. The smallest absolute Gasteiger partial charge is 0.303 e. The lowest BCUT2D eigenvalue weighted by molar-refractivity contribution is -0.360. The van der Waals surface area contributed by atoms with Crippen LogP contribution in [0.3, 0.4) is 0 Å². The van der Waals surface area contributed by atoms with Gasteiger partial charge in [-0.1, -0.05) is 5.11 Å². The van der Waals surface area contributed by atoms with Crippen molar-refractivity contribution in [3.05, 3.63) is 10.4 Å². The highest BCUT2D eigenvalue weighted by Crippen LogP contribution is 2.35. The fourth-order valence-corrected chi connectivity index (χ4v) is 4.86. The van der Waals surface area contributed by atoms with E-state index >= 15 is 0 Å². The molecule has 0 aromatic heterocycles. The van der Waals surface area contributed by atoms with Crippen molar-refractivity contribution in [2.24, 2.45) is 5.11 Å². The molecule has 2 fully saturated rings. The summed E-state index contributed by atoms with van der Waals surface area (Å²) in [5, 5.41) is 3.35. The quantitative estimate of drug-likeness (QED) is 0.0538. The molecule has 0 N–H and O–H groups in total. The SMILES string of the molecule is CC(=O)OC[C@H]1O[C@@H](O[C@H]2[C@H](OC(C)=O)[C@@H](OC(C)=O)[C@H](OCCN=[N+]=[N-])O[C@@H]2COC(C)=O)[C@H](OC(C)=O)[C@@H](OC(C)=O)[C@H]1OC(C)=O. The minimum absolute atomic E-state index is 0.180. The summed E-state index contributed by atoms with van der Waals surface area (Å²) in [7, 11) is 0. The summed E-state index contributed by atoms with van der Waals surface area (Å²) >= 11 is 0. The van der Waals surface area contributed by atoms with Crippen molar-refractivity contribution in [3.8, 4) is 0 Å². The van der Waals surface area contributed by atoms with Crippen LogP contribution in [0.25, 0.3) is 10.4 Å². The Hall–Kier alpha value is -4.56. The monoisotopic (exact) mass is 705 g/mol. The Morgan fingerprint density at radius 1 is 0.551 bits per heavy atom. The highest BCUT2D eigenvalue weighted by atomic mass is 16.8. The Bertz CT molecular complexity index is 1270. The maximum Gasteiger partial charge on any atom is 0.303 e. The molecule has 2 heterocycles. The average molecular weight is 706 g/mol. The van der Waals surface area contributed by atoms with Gasteiger partial charge in [-0.15, -0.1) is 0 Å². The second-order valence-corrected chi connectivity index (χ2v) is 10.5. The molecule has 2 aliphatic rings. The summed E-state index contributed by atoms with van der Waals surface area (Å²) in [4.78, 5) is 87.4. The molecule has 0 radical (unpaired) electrons. The van der Waals surface area contributed by atoms with Crippen LogP contribution < -0.4 is 0 Å². The van der Waals surface area contributed by atoms with Gasteiger partial charge in [-0.2, -0.15) is 0 Å². The van der Waals surface area contributed by atoms with E-state index in [9.17, 15) is 33.6 Å². The van der Waals surface area contributed by atoms with Crippen LogP contribution in [0.15, 0.2) is 5.11 Å². The van der Waals surface area contributed by atoms with Gasteiger partial charge < -0.3 is 52.1 Å². The zero-order chi connectivity index (χ0) is 36.8. The lowest BCUT2D eigenvalue weighted by Gasteiger charge is -2.48. The lowest BCUT2D eigenvalue weighted by atomic mass is 9.96. The zero-order valence-electron chi connectivity index (χ0n) is 27.8. The third kappa shape index (κ3) is 13.1. The van der Waals surface area contributed by atoms with Crippen LogP contribution >= 0.6 is 0 Å². The summed E-state index contributed by atoms with van der Waals surface area (Å²) in [6.07, 6.45) is -15.8. The Morgan fingerprint density at radius 2 is 0.939 bits per heavy atom. The Kier molecular flexibility index (Phi) is 16.1. The van der Waals surface area contributed by atoms with E-state index < -0.39 is 116 Å². The summed E-state index contributed by atoms with van der Waals surface area (Å²) in [6, 6.07) is 0. The van der Waals surface area contributed by atoms with Gasteiger partial charge in [0.1, 0.15) is 31.5 Å². The van der Waals surface area contributed by atoms with Crippen molar-refractivity contribution in [3.63, 3.8) is 0 Å². The number of esters is 7. The number of hydrogen-bond donors (Lipinski definition) is 0. The van der Waals surface area contributed by atoms with Gasteiger partial charge in [0.05, 0.1) is 6.61 Å². The number of nitrogens with zero attached hydrogens (tertiary/aromatic N) is 3. The molecule has 2 saturated heterocycles. The highest BCUT2D eigenvalue weighted by Gasteiger charge is 2.57. The molecule has 49 heavy (non-hydrogen) atoms. The third-order valence-corrected chi connectivity index (χ3v) is 6.42. The second kappa shape index (κ2) is 19.4. The molecule has 0 aliphatic carbocycles. The number of rotatable bonds is 15. The molecule has 0 aromatic carbocycles. The van der Waals surface area contributed by atoms with E-state index in [1.54, 1.807) is 0 Å². The van der Waals surface area contributed by atoms with Crippen LogP contribution in [0.5, 0.6) is 0 Å². The first-order valence-electron chi connectivity index (χ1n) is 14.8. The normalized spacial score (nSPS) is 29.2. The molecule has 21 heteroatoms. The van der Waals surface area contributed by atoms with Crippen molar-refractivity contribution in [2.45, 2.75) is 110 Å². The Balaban J connectivity index is 2.71. The molecule has 0 spiro atoms. The average Bonchev–Trinajstić information content (AvgIpc) is 2.97. The molecule has 0 aromatic rings. The maximum absolute atomic E-state index is 12.4. The van der Waals surface area contributed by atoms with Gasteiger partial charge in [0, 0.05) is 59.9 Å². The van der Waals surface area contributed by atoms with Gasteiger partial charge in [-0.3, -0.25) is 33.6 Å². The Morgan fingerprint density at radius 3 is 1.39 bits per heavy atom. The highest BCUT2D eigenvalue weighted by molar-refractivity contribution is 5.69. The molecule has 10 atom stereocenters. The van der Waals surface area contributed by atoms with E-state index in [4.69, 9.17) is 57.6 Å². The Labute approximate surface area is 279 Å². The molecular formula is C28H39N3O18. The molecule has 2 aliphatic heterocycles. The topological polar surface area (TPSA) is 270 Å². The maximum atomic E-state index is 12.4. The van der Waals surface area contributed by atoms with Gasteiger partial charge in [-0.25, -0.2) is 0 Å². The first-order valence-corrected chi connectivity index (χ1v) is 14.8. The van der Waals surface area contributed by atoms with Gasteiger partial charge in [0.2, 0.25) is 0 Å². The number of ether oxygens (including phenoxy) is 11. The van der Waals surface area contributed by atoms with E-state index in [0.717, 1.165) is 48.5 Å². The molecule has 0 saturated carbocycles. The third-order valence-electron chi connectivity index (χ3n) is 6.42. The summed E-state index contributed by atoms with van der Waals surface area (Å²) in [5.41, 5.74) is 8.61. The van der Waals surface area contributed by atoms with Crippen molar-refractivity contribution >= 4 is 41.8 Å². The standard InChI is InChI=1S/C28H39N3O18/c1-12(32)40-10-19-21(42-14(3)34)23(43-15(4)35)26(46-18(7)38)28(48-19)49-22-20(11-41-13(2)33)47-27(39-9-8-30-31-29)25(45-17(6)37)24(22)44-16(5)36/h19-28H,8-11H2,1-7H3/t19-,20-,21+,22-,23+,24+,25-,26-,27-,28+/m1/s1. The molecule has 274 valence electrons.